The molecule has 0 bridgehead atoms. The third kappa shape index (κ3) is 4.46. The number of ether oxygens (including phenoxy) is 1. The lowest BCUT2D eigenvalue weighted by atomic mass is 10.1. The van der Waals surface area contributed by atoms with Gasteiger partial charge >= 0.3 is 0 Å². The lowest BCUT2D eigenvalue weighted by Crippen LogP contribution is -2.33. The van der Waals surface area contributed by atoms with E-state index in [4.69, 9.17) is 10.5 Å². The van der Waals surface area contributed by atoms with E-state index in [0.717, 1.165) is 17.8 Å². The van der Waals surface area contributed by atoms with E-state index in [-0.39, 0.29) is 0 Å². The minimum atomic E-state index is 0.394. The zero-order valence-electron chi connectivity index (χ0n) is 12.8. The van der Waals surface area contributed by atoms with E-state index in [2.05, 4.69) is 29.8 Å². The maximum absolute atomic E-state index is 5.83. The topological polar surface area (TPSA) is 51.4 Å². The zero-order valence-corrected chi connectivity index (χ0v) is 12.8. The maximum atomic E-state index is 5.83. The van der Waals surface area contributed by atoms with E-state index in [1.807, 2.05) is 6.07 Å². The van der Waals surface area contributed by atoms with Gasteiger partial charge < -0.3 is 10.5 Å². The van der Waals surface area contributed by atoms with Gasteiger partial charge in [0.05, 0.1) is 0 Å². The highest BCUT2D eigenvalue weighted by atomic mass is 16.5. The lowest BCUT2D eigenvalue weighted by molar-refractivity contribution is 0.180. The Kier molecular flexibility index (Phi) is 5.80. The summed E-state index contributed by atoms with van der Waals surface area (Å²) in [6.07, 6.45) is 4.01. The zero-order chi connectivity index (χ0) is 14.4. The minimum Gasteiger partial charge on any atom is -0.476 e. The first-order valence-corrected chi connectivity index (χ1v) is 7.75. The van der Waals surface area contributed by atoms with Crippen LogP contribution in [0.4, 0.5) is 0 Å². The van der Waals surface area contributed by atoms with E-state index < -0.39 is 0 Å². The summed E-state index contributed by atoms with van der Waals surface area (Å²) < 4.78 is 5.83. The van der Waals surface area contributed by atoms with Crippen LogP contribution in [-0.4, -0.2) is 36.1 Å². The fraction of sp³-hybridized carbons (Fsp3) is 0.688. The van der Waals surface area contributed by atoms with Crippen molar-refractivity contribution in [1.82, 2.24) is 9.88 Å². The van der Waals surface area contributed by atoms with Crippen LogP contribution in [0.5, 0.6) is 5.88 Å². The third-order valence-electron chi connectivity index (χ3n) is 3.81. The summed E-state index contributed by atoms with van der Waals surface area (Å²) in [5.74, 6) is 1.11. The SMILES string of the molecule is CC(C)c1cc(CN)cc(OCCN2CCCCC2)n1. The van der Waals surface area contributed by atoms with Crippen molar-refractivity contribution in [2.75, 3.05) is 26.2 Å². The fourth-order valence-electron chi connectivity index (χ4n) is 2.53. The molecule has 1 saturated heterocycles. The second-order valence-corrected chi connectivity index (χ2v) is 5.85. The highest BCUT2D eigenvalue weighted by Crippen LogP contribution is 2.19. The van der Waals surface area contributed by atoms with Crippen molar-refractivity contribution in [3.8, 4) is 5.88 Å². The Hall–Kier alpha value is -1.13. The van der Waals surface area contributed by atoms with Gasteiger partial charge in [-0.25, -0.2) is 4.98 Å². The quantitative estimate of drug-likeness (QED) is 0.868. The molecule has 20 heavy (non-hydrogen) atoms. The number of hydrogen-bond acceptors (Lipinski definition) is 4. The van der Waals surface area contributed by atoms with Crippen LogP contribution in [0, 0.1) is 0 Å². The van der Waals surface area contributed by atoms with Gasteiger partial charge in [-0.15, -0.1) is 0 Å². The Bertz CT molecular complexity index is 414. The van der Waals surface area contributed by atoms with Gasteiger partial charge in [-0.2, -0.15) is 0 Å². The van der Waals surface area contributed by atoms with Gasteiger partial charge in [0.15, 0.2) is 0 Å². The van der Waals surface area contributed by atoms with Gasteiger partial charge in [0.1, 0.15) is 6.61 Å². The van der Waals surface area contributed by atoms with Crippen molar-refractivity contribution in [1.29, 1.82) is 0 Å². The molecule has 4 heteroatoms. The number of nitrogens with two attached hydrogens (primary N) is 1. The number of rotatable bonds is 6. The molecule has 4 nitrogen and oxygen atoms in total. The summed E-state index contributed by atoms with van der Waals surface area (Å²) >= 11 is 0. The number of hydrogen-bond donors (Lipinski definition) is 1. The highest BCUT2D eigenvalue weighted by Gasteiger charge is 2.10. The normalized spacial score (nSPS) is 16.6. The Morgan fingerprint density at radius 2 is 2.00 bits per heavy atom. The fourth-order valence-corrected chi connectivity index (χ4v) is 2.53. The second-order valence-electron chi connectivity index (χ2n) is 5.85. The summed E-state index contributed by atoms with van der Waals surface area (Å²) in [6, 6.07) is 4.03. The number of nitrogens with zero attached hydrogens (tertiary/aromatic N) is 2. The van der Waals surface area contributed by atoms with E-state index >= 15 is 0 Å². The van der Waals surface area contributed by atoms with Crippen LogP contribution >= 0.6 is 0 Å². The van der Waals surface area contributed by atoms with E-state index in [9.17, 15) is 0 Å². The van der Waals surface area contributed by atoms with E-state index in [1.54, 1.807) is 0 Å². The maximum Gasteiger partial charge on any atom is 0.213 e. The van der Waals surface area contributed by atoms with E-state index in [1.165, 1.54) is 32.4 Å². The highest BCUT2D eigenvalue weighted by molar-refractivity contribution is 5.26. The van der Waals surface area contributed by atoms with Gasteiger partial charge in [-0.3, -0.25) is 4.90 Å². The summed E-state index contributed by atoms with van der Waals surface area (Å²) in [6.45, 7) is 8.92. The van der Waals surface area contributed by atoms with Gasteiger partial charge in [0, 0.05) is 24.8 Å². The minimum absolute atomic E-state index is 0.394. The lowest BCUT2D eigenvalue weighted by Gasteiger charge is -2.26. The molecule has 1 fully saturated rings. The monoisotopic (exact) mass is 277 g/mol. The van der Waals surface area contributed by atoms with Crippen LogP contribution < -0.4 is 10.5 Å². The summed E-state index contributed by atoms with van der Waals surface area (Å²) in [5, 5.41) is 0. The molecular weight excluding hydrogens is 250 g/mol. The molecule has 2 N–H and O–H groups in total. The van der Waals surface area contributed by atoms with Gasteiger partial charge in [-0.1, -0.05) is 20.3 Å². The van der Waals surface area contributed by atoms with Gasteiger partial charge in [-0.05, 0) is 43.5 Å². The van der Waals surface area contributed by atoms with Crippen LogP contribution in [0.3, 0.4) is 0 Å². The Labute approximate surface area is 122 Å². The predicted octanol–water partition coefficient (Wildman–Crippen LogP) is 2.53. The molecule has 0 amide bonds. The first-order chi connectivity index (χ1) is 9.69. The summed E-state index contributed by atoms with van der Waals surface area (Å²) in [7, 11) is 0. The molecule has 2 rings (SSSR count). The third-order valence-corrected chi connectivity index (χ3v) is 3.81. The van der Waals surface area contributed by atoms with Crippen LogP contribution in [0.15, 0.2) is 12.1 Å². The molecule has 1 aliphatic rings. The van der Waals surface area contributed by atoms with Crippen molar-refractivity contribution in [3.63, 3.8) is 0 Å². The molecule has 0 aliphatic carbocycles. The molecule has 0 saturated carbocycles. The number of aromatic nitrogens is 1. The van der Waals surface area contributed by atoms with Crippen LogP contribution in [0.2, 0.25) is 0 Å². The first kappa shape index (κ1) is 15.3. The van der Waals surface area contributed by atoms with Crippen LogP contribution in [0.1, 0.15) is 50.3 Å². The molecule has 2 heterocycles. The Balaban J connectivity index is 1.89. The second kappa shape index (κ2) is 7.60. The van der Waals surface area contributed by atoms with Crippen molar-refractivity contribution in [2.24, 2.45) is 5.73 Å². The number of pyridine rings is 1. The predicted molar refractivity (Wildman–Crippen MR) is 82.0 cm³/mol. The smallest absolute Gasteiger partial charge is 0.213 e. The molecule has 0 spiro atoms. The van der Waals surface area contributed by atoms with Crippen LogP contribution in [-0.2, 0) is 6.54 Å². The average molecular weight is 277 g/mol. The largest absolute Gasteiger partial charge is 0.476 e. The molecule has 0 aromatic carbocycles. The molecular formula is C16H27N3O. The van der Waals surface area contributed by atoms with Gasteiger partial charge in [0.25, 0.3) is 0 Å². The summed E-state index contributed by atoms with van der Waals surface area (Å²) in [4.78, 5) is 7.04. The van der Waals surface area contributed by atoms with Crippen molar-refractivity contribution in [3.05, 3.63) is 23.4 Å². The number of piperidine rings is 1. The molecule has 0 atom stereocenters. The number of likely N-dealkylation sites (tertiary alicyclic amines) is 1. The van der Waals surface area contributed by atoms with Crippen molar-refractivity contribution < 1.29 is 4.74 Å². The van der Waals surface area contributed by atoms with Crippen molar-refractivity contribution >= 4 is 0 Å². The standard InChI is InChI=1S/C16H27N3O/c1-13(2)15-10-14(12-17)11-16(18-15)20-9-8-19-6-4-3-5-7-19/h10-11,13H,3-9,12,17H2,1-2H3. The molecule has 1 aromatic heterocycles. The Morgan fingerprint density at radius 1 is 1.25 bits per heavy atom. The molecule has 0 radical (unpaired) electrons. The van der Waals surface area contributed by atoms with Crippen LogP contribution in [0.25, 0.3) is 0 Å². The van der Waals surface area contributed by atoms with Gasteiger partial charge in [0.2, 0.25) is 5.88 Å². The first-order valence-electron chi connectivity index (χ1n) is 7.75. The molecule has 1 aromatic rings. The average Bonchev–Trinajstić information content (AvgIpc) is 2.48. The van der Waals surface area contributed by atoms with E-state index in [0.29, 0.717) is 24.9 Å². The molecule has 112 valence electrons. The Morgan fingerprint density at radius 3 is 2.65 bits per heavy atom. The molecule has 1 aliphatic heterocycles. The molecule has 0 unspecified atom stereocenters. The van der Waals surface area contributed by atoms with Crippen molar-refractivity contribution in [2.45, 2.75) is 45.6 Å². The summed E-state index contributed by atoms with van der Waals surface area (Å²) in [5.41, 5.74) is 7.89.